The summed E-state index contributed by atoms with van der Waals surface area (Å²) in [6.07, 6.45) is 7.75. The third-order valence-corrected chi connectivity index (χ3v) is 7.96. The van der Waals surface area contributed by atoms with Crippen LogP contribution in [-0.2, 0) is 15.8 Å². The quantitative estimate of drug-likeness (QED) is 0.465. The minimum absolute atomic E-state index is 0.0208. The third-order valence-electron chi connectivity index (χ3n) is 7.47. The van der Waals surface area contributed by atoms with E-state index in [4.69, 9.17) is 9.26 Å². The van der Waals surface area contributed by atoms with Crippen LogP contribution in [0.4, 0.5) is 15.0 Å². The summed E-state index contributed by atoms with van der Waals surface area (Å²) in [6, 6.07) is 3.69. The number of pyridine rings is 1. The highest BCUT2D eigenvalue weighted by molar-refractivity contribution is 9.10. The van der Waals surface area contributed by atoms with Crippen LogP contribution in [-0.4, -0.2) is 33.4 Å². The Labute approximate surface area is 201 Å². The van der Waals surface area contributed by atoms with Gasteiger partial charge >= 0.3 is 6.09 Å². The maximum absolute atomic E-state index is 14.4. The van der Waals surface area contributed by atoms with Crippen LogP contribution in [0.15, 0.2) is 27.3 Å². The van der Waals surface area contributed by atoms with Crippen LogP contribution in [0.25, 0.3) is 0 Å². The van der Waals surface area contributed by atoms with Crippen LogP contribution in [0.2, 0.25) is 0 Å². The van der Waals surface area contributed by atoms with Crippen molar-refractivity contribution in [2.75, 3.05) is 11.4 Å². The molecule has 0 aromatic carbocycles. The first-order chi connectivity index (χ1) is 15.5. The highest BCUT2D eigenvalue weighted by atomic mass is 79.9. The Kier molecular flexibility index (Phi) is 5.34. The van der Waals surface area contributed by atoms with Crippen LogP contribution in [0.3, 0.4) is 0 Å². The lowest BCUT2D eigenvalue weighted by Gasteiger charge is -2.53. The molecule has 178 valence electrons. The van der Waals surface area contributed by atoms with E-state index in [1.165, 1.54) is 0 Å². The fourth-order valence-corrected chi connectivity index (χ4v) is 5.54. The van der Waals surface area contributed by atoms with Crippen LogP contribution in [0.5, 0.6) is 0 Å². The van der Waals surface area contributed by atoms with Crippen molar-refractivity contribution in [1.29, 1.82) is 0 Å². The van der Waals surface area contributed by atoms with Crippen molar-refractivity contribution in [1.82, 2.24) is 15.1 Å². The maximum Gasteiger partial charge on any atom is 0.416 e. The minimum Gasteiger partial charge on any atom is -0.443 e. The summed E-state index contributed by atoms with van der Waals surface area (Å²) in [4.78, 5) is 23.8. The molecule has 4 fully saturated rings. The molecule has 2 aromatic rings. The number of aromatic nitrogens is 3. The van der Waals surface area contributed by atoms with Crippen molar-refractivity contribution in [3.8, 4) is 0 Å². The molecule has 1 amide bonds. The molecule has 7 nitrogen and oxygen atoms in total. The van der Waals surface area contributed by atoms with Gasteiger partial charge in [0, 0.05) is 22.6 Å². The molecule has 0 saturated heterocycles. The average molecular weight is 521 g/mol. The van der Waals surface area contributed by atoms with E-state index >= 15 is 0 Å². The van der Waals surface area contributed by atoms with E-state index < -0.39 is 11.3 Å². The molecule has 4 aliphatic carbocycles. The molecule has 0 unspecified atom stereocenters. The van der Waals surface area contributed by atoms with Gasteiger partial charge in [0.25, 0.3) is 5.89 Å². The van der Waals surface area contributed by atoms with Crippen molar-refractivity contribution < 1.29 is 18.4 Å². The standard InChI is InChI=1S/C24H30BrFN4O3/c1-21(2,3)32-20(31)30(17-14-16(25)4-13-27-17)15-22-5-8-23(9-6-22,10-7-22)18-28-19(33-29-18)24(26)11-12-24/h4,13-14H,5-12,15H2,1-3H3. The van der Waals surface area contributed by atoms with Crippen molar-refractivity contribution in [2.24, 2.45) is 5.41 Å². The summed E-state index contributed by atoms with van der Waals surface area (Å²) in [5.74, 6) is 1.38. The summed E-state index contributed by atoms with van der Waals surface area (Å²) in [6.45, 7) is 6.15. The van der Waals surface area contributed by atoms with E-state index in [0.717, 1.165) is 43.0 Å². The van der Waals surface area contributed by atoms with Gasteiger partial charge in [0.1, 0.15) is 11.4 Å². The van der Waals surface area contributed by atoms with Gasteiger partial charge < -0.3 is 9.26 Å². The zero-order valence-electron chi connectivity index (χ0n) is 19.4. The Morgan fingerprint density at radius 3 is 2.42 bits per heavy atom. The van der Waals surface area contributed by atoms with Gasteiger partial charge in [-0.2, -0.15) is 4.98 Å². The number of nitrogens with zero attached hydrogens (tertiary/aromatic N) is 4. The van der Waals surface area contributed by atoms with Crippen LogP contribution >= 0.6 is 15.9 Å². The van der Waals surface area contributed by atoms with Gasteiger partial charge in [-0.3, -0.25) is 4.90 Å². The second-order valence-corrected chi connectivity index (χ2v) is 12.0. The van der Waals surface area contributed by atoms with E-state index in [-0.39, 0.29) is 22.8 Å². The molecule has 0 spiro atoms. The molecule has 0 radical (unpaired) electrons. The van der Waals surface area contributed by atoms with E-state index in [1.807, 2.05) is 32.9 Å². The molecule has 0 N–H and O–H groups in total. The van der Waals surface area contributed by atoms with Crippen LogP contribution in [0.1, 0.15) is 83.9 Å². The molecule has 9 heteroatoms. The topological polar surface area (TPSA) is 81.4 Å². The lowest BCUT2D eigenvalue weighted by Crippen LogP contribution is -2.51. The zero-order chi connectivity index (χ0) is 23.5. The number of fused-ring (bicyclic) bond motifs is 3. The van der Waals surface area contributed by atoms with Crippen LogP contribution < -0.4 is 4.90 Å². The second-order valence-electron chi connectivity index (χ2n) is 11.1. The lowest BCUT2D eigenvalue weighted by atomic mass is 9.53. The Hall–Kier alpha value is -2.03. The predicted molar refractivity (Wildman–Crippen MR) is 124 cm³/mol. The SMILES string of the molecule is CC(C)(C)OC(=O)N(CC12CCC(c3noc(C4(F)CC4)n3)(CC1)CC2)c1cc(Br)ccn1. The van der Waals surface area contributed by atoms with E-state index in [9.17, 15) is 9.18 Å². The molecular formula is C24H30BrFN4O3. The minimum atomic E-state index is -1.40. The second kappa shape index (κ2) is 7.75. The van der Waals surface area contributed by atoms with Gasteiger partial charge in [0.15, 0.2) is 11.5 Å². The monoisotopic (exact) mass is 520 g/mol. The molecular weight excluding hydrogens is 491 g/mol. The number of anilines is 1. The fourth-order valence-electron chi connectivity index (χ4n) is 5.21. The highest BCUT2D eigenvalue weighted by Gasteiger charge is 2.55. The molecule has 33 heavy (non-hydrogen) atoms. The van der Waals surface area contributed by atoms with E-state index in [0.29, 0.717) is 31.0 Å². The summed E-state index contributed by atoms with van der Waals surface area (Å²) < 4.78 is 26.3. The summed E-state index contributed by atoms with van der Waals surface area (Å²) >= 11 is 3.49. The summed E-state index contributed by atoms with van der Waals surface area (Å²) in [5, 5.41) is 4.20. The molecule has 4 saturated carbocycles. The first-order valence-electron chi connectivity index (χ1n) is 11.7. The Bertz CT molecular complexity index is 1040. The van der Waals surface area contributed by atoms with E-state index in [2.05, 4.69) is 31.1 Å². The number of rotatable bonds is 5. The van der Waals surface area contributed by atoms with Crippen molar-refractivity contribution in [2.45, 2.75) is 88.8 Å². The lowest BCUT2D eigenvalue weighted by molar-refractivity contribution is 0.0304. The third kappa shape index (κ3) is 4.40. The number of alkyl halides is 1. The molecule has 2 bridgehead atoms. The number of ether oxygens (including phenoxy) is 1. The average Bonchev–Trinajstić information content (AvgIpc) is 3.31. The number of carbonyl (C=O) groups is 1. The van der Waals surface area contributed by atoms with Crippen molar-refractivity contribution in [3.05, 3.63) is 34.5 Å². The van der Waals surface area contributed by atoms with Gasteiger partial charge in [-0.25, -0.2) is 14.2 Å². The number of amides is 1. The molecule has 6 rings (SSSR count). The smallest absolute Gasteiger partial charge is 0.416 e. The number of hydrogen-bond donors (Lipinski definition) is 0. The number of hydrogen-bond acceptors (Lipinski definition) is 6. The van der Waals surface area contributed by atoms with Crippen LogP contribution in [0, 0.1) is 5.41 Å². The molecule has 2 aromatic heterocycles. The first kappa shape index (κ1) is 22.7. The molecule has 0 atom stereocenters. The Morgan fingerprint density at radius 1 is 1.18 bits per heavy atom. The first-order valence-corrected chi connectivity index (χ1v) is 12.5. The van der Waals surface area contributed by atoms with Gasteiger partial charge in [0.2, 0.25) is 0 Å². The largest absolute Gasteiger partial charge is 0.443 e. The molecule has 4 aliphatic rings. The molecule has 0 aliphatic heterocycles. The van der Waals surface area contributed by atoms with Crippen molar-refractivity contribution in [3.63, 3.8) is 0 Å². The predicted octanol–water partition coefficient (Wildman–Crippen LogP) is 6.22. The van der Waals surface area contributed by atoms with Gasteiger partial charge in [-0.15, -0.1) is 0 Å². The normalized spacial score (nSPS) is 27.9. The Morgan fingerprint density at radius 2 is 1.85 bits per heavy atom. The number of carbonyl (C=O) groups excluding carboxylic acids is 1. The molecule has 2 heterocycles. The maximum atomic E-state index is 14.4. The summed E-state index contributed by atoms with van der Waals surface area (Å²) in [5.41, 5.74) is -2.18. The number of halogens is 2. The fraction of sp³-hybridized carbons (Fsp3) is 0.667. The van der Waals surface area contributed by atoms with Crippen molar-refractivity contribution >= 4 is 27.8 Å². The Balaban J connectivity index is 1.35. The van der Waals surface area contributed by atoms with Gasteiger partial charge in [-0.05, 0) is 89.7 Å². The highest BCUT2D eigenvalue weighted by Crippen LogP contribution is 2.58. The zero-order valence-corrected chi connectivity index (χ0v) is 21.0. The van der Waals surface area contributed by atoms with Gasteiger partial charge in [0.05, 0.1) is 0 Å². The summed E-state index contributed by atoms with van der Waals surface area (Å²) in [7, 11) is 0. The van der Waals surface area contributed by atoms with Gasteiger partial charge in [-0.1, -0.05) is 21.1 Å². The van der Waals surface area contributed by atoms with E-state index in [1.54, 1.807) is 11.1 Å².